The van der Waals surface area contributed by atoms with Crippen LogP contribution in [0, 0.1) is 6.92 Å². The zero-order chi connectivity index (χ0) is 14.2. The number of nitrogens with two attached hydrogens (primary N) is 1. The van der Waals surface area contributed by atoms with Crippen molar-refractivity contribution < 1.29 is 8.42 Å². The fraction of sp³-hybridized carbons (Fsp3) is 0.667. The van der Waals surface area contributed by atoms with E-state index in [1.54, 1.807) is 10.4 Å². The molecule has 1 aromatic heterocycles. The van der Waals surface area contributed by atoms with Crippen LogP contribution in [0.1, 0.15) is 31.1 Å². The third kappa shape index (κ3) is 3.56. The minimum absolute atomic E-state index is 0. The average molecular weight is 404 g/mol. The van der Waals surface area contributed by atoms with E-state index in [1.165, 1.54) is 11.3 Å². The molecule has 2 atom stereocenters. The number of hydrogen-bond acceptors (Lipinski definition) is 4. The molecular weight excluding hydrogens is 384 g/mol. The molecule has 116 valence electrons. The van der Waals surface area contributed by atoms with Crippen molar-refractivity contribution in [3.05, 3.63) is 14.7 Å². The van der Waals surface area contributed by atoms with Gasteiger partial charge in [0.05, 0.1) is 8.68 Å². The van der Waals surface area contributed by atoms with Gasteiger partial charge in [0.2, 0.25) is 10.0 Å². The highest BCUT2D eigenvalue weighted by atomic mass is 79.9. The molecular formula is C12H20BrClN2O2S2. The standard InChI is InChI=1S/C12H19BrN2O2S2.ClH/c1-8(14)10-5-3-4-6-15(10)19(16,17)11-7-12(13)18-9(11)2;/h7-8,10H,3-6,14H2,1-2H3;1H. The first-order valence-electron chi connectivity index (χ1n) is 6.37. The summed E-state index contributed by atoms with van der Waals surface area (Å²) in [5.74, 6) is 0. The molecule has 0 radical (unpaired) electrons. The number of halogens is 2. The zero-order valence-electron chi connectivity index (χ0n) is 11.5. The summed E-state index contributed by atoms with van der Waals surface area (Å²) in [6.45, 7) is 4.30. The van der Waals surface area contributed by atoms with Gasteiger partial charge in [0, 0.05) is 23.5 Å². The van der Waals surface area contributed by atoms with E-state index in [-0.39, 0.29) is 24.5 Å². The maximum atomic E-state index is 12.8. The van der Waals surface area contributed by atoms with Crippen molar-refractivity contribution in [2.45, 2.75) is 50.1 Å². The molecule has 1 fully saturated rings. The van der Waals surface area contributed by atoms with E-state index < -0.39 is 10.0 Å². The molecule has 2 N–H and O–H groups in total. The predicted molar refractivity (Wildman–Crippen MR) is 89.2 cm³/mol. The SMILES string of the molecule is Cc1sc(Br)cc1S(=O)(=O)N1CCCCC1C(C)N.Cl. The Morgan fingerprint density at radius 3 is 2.65 bits per heavy atom. The van der Waals surface area contributed by atoms with Crippen molar-refractivity contribution in [1.29, 1.82) is 0 Å². The van der Waals surface area contributed by atoms with Gasteiger partial charge < -0.3 is 5.73 Å². The first-order valence-corrected chi connectivity index (χ1v) is 9.42. The monoisotopic (exact) mass is 402 g/mol. The first kappa shape index (κ1) is 18.4. The van der Waals surface area contributed by atoms with Gasteiger partial charge in [0.25, 0.3) is 0 Å². The topological polar surface area (TPSA) is 63.4 Å². The molecule has 8 heteroatoms. The van der Waals surface area contributed by atoms with Crippen molar-refractivity contribution in [3.63, 3.8) is 0 Å². The summed E-state index contributed by atoms with van der Waals surface area (Å²) in [6, 6.07) is 1.47. The lowest BCUT2D eigenvalue weighted by atomic mass is 10.00. The average Bonchev–Trinajstić information content (AvgIpc) is 2.69. The van der Waals surface area contributed by atoms with Crippen LogP contribution in [0.25, 0.3) is 0 Å². The largest absolute Gasteiger partial charge is 0.326 e. The molecule has 0 bridgehead atoms. The summed E-state index contributed by atoms with van der Waals surface area (Å²) >= 11 is 4.80. The molecule has 20 heavy (non-hydrogen) atoms. The van der Waals surface area contributed by atoms with Crippen LogP contribution in [0.5, 0.6) is 0 Å². The smallest absolute Gasteiger partial charge is 0.244 e. The molecule has 4 nitrogen and oxygen atoms in total. The van der Waals surface area contributed by atoms with E-state index in [9.17, 15) is 8.42 Å². The van der Waals surface area contributed by atoms with E-state index in [0.717, 1.165) is 27.9 Å². The van der Waals surface area contributed by atoms with Crippen LogP contribution in [-0.2, 0) is 10.0 Å². The zero-order valence-corrected chi connectivity index (χ0v) is 15.5. The van der Waals surface area contributed by atoms with Crippen molar-refractivity contribution in [1.82, 2.24) is 4.31 Å². The van der Waals surface area contributed by atoms with Gasteiger partial charge in [0.15, 0.2) is 0 Å². The van der Waals surface area contributed by atoms with Gasteiger partial charge in [-0.3, -0.25) is 0 Å². The summed E-state index contributed by atoms with van der Waals surface area (Å²) < 4.78 is 28.0. The van der Waals surface area contributed by atoms with Gasteiger partial charge in [-0.15, -0.1) is 23.7 Å². The van der Waals surface area contributed by atoms with Crippen LogP contribution in [0.4, 0.5) is 0 Å². The van der Waals surface area contributed by atoms with Crippen molar-refractivity contribution in [2.75, 3.05) is 6.54 Å². The number of nitrogens with zero attached hydrogens (tertiary/aromatic N) is 1. The quantitative estimate of drug-likeness (QED) is 0.843. The van der Waals surface area contributed by atoms with Crippen LogP contribution >= 0.6 is 39.7 Å². The first-order chi connectivity index (χ1) is 8.84. The number of sulfonamides is 1. The Bertz CT molecular complexity index is 560. The molecule has 0 spiro atoms. The minimum atomic E-state index is -3.43. The van der Waals surface area contributed by atoms with Gasteiger partial charge in [0.1, 0.15) is 0 Å². The second kappa shape index (κ2) is 7.07. The molecule has 1 aromatic rings. The van der Waals surface area contributed by atoms with E-state index in [4.69, 9.17) is 5.73 Å². The molecule has 0 amide bonds. The van der Waals surface area contributed by atoms with E-state index in [0.29, 0.717) is 11.4 Å². The van der Waals surface area contributed by atoms with E-state index >= 15 is 0 Å². The molecule has 0 saturated carbocycles. The Hall–Kier alpha value is 0.340. The number of hydrogen-bond donors (Lipinski definition) is 1. The fourth-order valence-electron chi connectivity index (χ4n) is 2.57. The summed E-state index contributed by atoms with van der Waals surface area (Å²) in [5.41, 5.74) is 5.96. The maximum absolute atomic E-state index is 12.8. The van der Waals surface area contributed by atoms with Crippen LogP contribution in [0.3, 0.4) is 0 Å². The highest BCUT2D eigenvalue weighted by molar-refractivity contribution is 9.11. The number of thiophene rings is 1. The van der Waals surface area contributed by atoms with E-state index in [2.05, 4.69) is 15.9 Å². The highest BCUT2D eigenvalue weighted by Gasteiger charge is 2.36. The predicted octanol–water partition coefficient (Wildman–Crippen LogP) is 3.13. The molecule has 2 unspecified atom stereocenters. The van der Waals surface area contributed by atoms with Gasteiger partial charge >= 0.3 is 0 Å². The molecule has 0 aromatic carbocycles. The lowest BCUT2D eigenvalue weighted by molar-refractivity contribution is 0.227. The summed E-state index contributed by atoms with van der Waals surface area (Å²) in [6.07, 6.45) is 2.80. The second-order valence-electron chi connectivity index (χ2n) is 5.01. The molecule has 1 aliphatic rings. The summed E-state index contributed by atoms with van der Waals surface area (Å²) in [7, 11) is -3.43. The van der Waals surface area contributed by atoms with Crippen LogP contribution in [0.2, 0.25) is 0 Å². The number of piperidine rings is 1. The Morgan fingerprint density at radius 2 is 2.15 bits per heavy atom. The number of rotatable bonds is 3. The molecule has 2 heterocycles. The summed E-state index contributed by atoms with van der Waals surface area (Å²) in [4.78, 5) is 1.23. The highest BCUT2D eigenvalue weighted by Crippen LogP contribution is 2.34. The summed E-state index contributed by atoms with van der Waals surface area (Å²) in [5, 5.41) is 0. The molecule has 2 rings (SSSR count). The second-order valence-corrected chi connectivity index (χ2v) is 9.50. The van der Waals surface area contributed by atoms with Crippen molar-refractivity contribution in [2.24, 2.45) is 5.73 Å². The molecule has 0 aliphatic carbocycles. The Balaban J connectivity index is 0.00000200. The van der Waals surface area contributed by atoms with Gasteiger partial charge in [-0.1, -0.05) is 6.42 Å². The van der Waals surface area contributed by atoms with Crippen LogP contribution < -0.4 is 5.73 Å². The molecule has 1 aliphatic heterocycles. The van der Waals surface area contributed by atoms with Crippen molar-refractivity contribution >= 4 is 49.7 Å². The van der Waals surface area contributed by atoms with Gasteiger partial charge in [-0.2, -0.15) is 4.31 Å². The van der Waals surface area contributed by atoms with Crippen molar-refractivity contribution in [3.8, 4) is 0 Å². The fourth-order valence-corrected chi connectivity index (χ4v) is 6.73. The van der Waals surface area contributed by atoms with Gasteiger partial charge in [-0.25, -0.2) is 8.42 Å². The van der Waals surface area contributed by atoms with Crippen LogP contribution in [-0.4, -0.2) is 31.4 Å². The van der Waals surface area contributed by atoms with Gasteiger partial charge in [-0.05, 0) is 48.7 Å². The maximum Gasteiger partial charge on any atom is 0.244 e. The lowest BCUT2D eigenvalue weighted by Crippen LogP contribution is -2.51. The third-order valence-corrected chi connectivity index (χ3v) is 7.27. The van der Waals surface area contributed by atoms with Crippen LogP contribution in [0.15, 0.2) is 14.7 Å². The lowest BCUT2D eigenvalue weighted by Gasteiger charge is -2.36. The Morgan fingerprint density at radius 1 is 1.50 bits per heavy atom. The minimum Gasteiger partial charge on any atom is -0.326 e. The van der Waals surface area contributed by atoms with E-state index in [1.807, 2.05) is 13.8 Å². The molecule has 1 saturated heterocycles. The Labute approximate surface area is 139 Å². The Kier molecular flexibility index (Phi) is 6.50. The normalized spacial score (nSPS) is 22.3. The third-order valence-electron chi connectivity index (χ3n) is 3.53. The number of aryl methyl sites for hydroxylation is 1.